The second-order valence-corrected chi connectivity index (χ2v) is 11.0. The maximum Gasteiger partial charge on any atom is 0.271 e. The molecule has 7 heteroatoms. The highest BCUT2D eigenvalue weighted by Crippen LogP contribution is 2.41. The molecule has 1 atom stereocenters. The van der Waals surface area contributed by atoms with Gasteiger partial charge in [0.15, 0.2) is 4.80 Å². The van der Waals surface area contributed by atoms with Gasteiger partial charge in [-0.3, -0.25) is 9.36 Å². The third kappa shape index (κ3) is 4.63. The summed E-state index contributed by atoms with van der Waals surface area (Å²) < 4.78 is 16.6. The number of nitrogens with zero attached hydrogens (tertiary/aromatic N) is 2. The molecular weight excluding hydrogens is 526 g/mol. The number of allylic oxidation sites excluding steroid dienone is 2. The molecule has 1 aliphatic carbocycles. The highest BCUT2D eigenvalue weighted by molar-refractivity contribution is 7.07. The lowest BCUT2D eigenvalue weighted by Gasteiger charge is -2.31. The number of fused-ring (bicyclic) bond motifs is 1. The molecule has 37 heavy (non-hydrogen) atoms. The maximum atomic E-state index is 14.4. The number of halogens is 3. The largest absolute Gasteiger partial charge is 0.272 e. The van der Waals surface area contributed by atoms with Crippen molar-refractivity contribution in [1.82, 2.24) is 4.57 Å². The highest BCUT2D eigenvalue weighted by Gasteiger charge is 2.32. The molecule has 0 spiro atoms. The van der Waals surface area contributed by atoms with Crippen LogP contribution in [0.3, 0.4) is 0 Å². The summed E-state index contributed by atoms with van der Waals surface area (Å²) in [5.41, 5.74) is 5.40. The summed E-state index contributed by atoms with van der Waals surface area (Å²) in [5, 5.41) is 1.33. The van der Waals surface area contributed by atoms with Crippen molar-refractivity contribution in [3.05, 3.63) is 142 Å². The molecule has 0 radical (unpaired) electrons. The lowest BCUT2D eigenvalue weighted by molar-refractivity contribution is 0.553. The van der Waals surface area contributed by atoms with Crippen molar-refractivity contribution in [3.63, 3.8) is 0 Å². The molecule has 0 N–H and O–H groups in total. The standard InChI is InChI=1S/C30H21Cl2FN2OS/c31-22-12-8-18(9-13-22)16-21-5-3-6-24-27(21)34-30-35(28(24)19-10-14-23(32)15-11-19)29(36)26(37-30)17-20-4-1-2-7-25(20)33/h1-2,4,7-17,28H,3,5-6H2/b21-16+,26-17-. The third-order valence-electron chi connectivity index (χ3n) is 6.72. The van der Waals surface area contributed by atoms with Crippen LogP contribution in [0, 0.1) is 5.82 Å². The van der Waals surface area contributed by atoms with Gasteiger partial charge in [0.2, 0.25) is 0 Å². The third-order valence-corrected chi connectivity index (χ3v) is 8.21. The van der Waals surface area contributed by atoms with Gasteiger partial charge in [-0.25, -0.2) is 9.38 Å². The van der Waals surface area contributed by atoms with Crippen molar-refractivity contribution in [2.75, 3.05) is 0 Å². The monoisotopic (exact) mass is 546 g/mol. The minimum atomic E-state index is -0.366. The quantitative estimate of drug-likeness (QED) is 0.274. The van der Waals surface area contributed by atoms with Crippen LogP contribution in [0.2, 0.25) is 10.0 Å². The van der Waals surface area contributed by atoms with Crippen molar-refractivity contribution >= 4 is 46.7 Å². The highest BCUT2D eigenvalue weighted by atomic mass is 35.5. The second-order valence-electron chi connectivity index (χ2n) is 9.10. The molecule has 1 aliphatic heterocycles. The summed E-state index contributed by atoms with van der Waals surface area (Å²) in [6, 6.07) is 21.5. The Kier molecular flexibility index (Phi) is 6.45. The van der Waals surface area contributed by atoms with Crippen LogP contribution in [-0.2, 0) is 0 Å². The molecule has 0 fully saturated rings. The molecule has 0 bridgehead atoms. The van der Waals surface area contributed by atoms with Crippen LogP contribution in [-0.4, -0.2) is 4.57 Å². The van der Waals surface area contributed by atoms with E-state index < -0.39 is 0 Å². The molecular formula is C30H21Cl2FN2OS. The topological polar surface area (TPSA) is 34.4 Å². The van der Waals surface area contributed by atoms with Gasteiger partial charge < -0.3 is 0 Å². The molecule has 3 aromatic carbocycles. The van der Waals surface area contributed by atoms with E-state index in [4.69, 9.17) is 28.2 Å². The Balaban J connectivity index is 1.58. The van der Waals surface area contributed by atoms with Gasteiger partial charge >= 0.3 is 0 Å². The van der Waals surface area contributed by atoms with Gasteiger partial charge in [0, 0.05) is 15.6 Å². The van der Waals surface area contributed by atoms with Gasteiger partial charge in [0.1, 0.15) is 5.82 Å². The van der Waals surface area contributed by atoms with E-state index in [-0.39, 0.29) is 17.4 Å². The fourth-order valence-electron chi connectivity index (χ4n) is 5.00. The van der Waals surface area contributed by atoms with E-state index >= 15 is 0 Å². The molecule has 2 heterocycles. The predicted octanol–water partition coefficient (Wildman–Crippen LogP) is 6.93. The molecule has 0 saturated heterocycles. The smallest absolute Gasteiger partial charge is 0.271 e. The Hall–Kier alpha value is -3.25. The Morgan fingerprint density at radius 1 is 0.919 bits per heavy atom. The Bertz CT molecular complexity index is 1750. The average molecular weight is 547 g/mol. The molecule has 184 valence electrons. The predicted molar refractivity (Wildman–Crippen MR) is 149 cm³/mol. The average Bonchev–Trinajstić information content (AvgIpc) is 3.21. The molecule has 3 nitrogen and oxygen atoms in total. The van der Waals surface area contributed by atoms with Crippen LogP contribution in [0.1, 0.15) is 42.0 Å². The summed E-state index contributed by atoms with van der Waals surface area (Å²) >= 11 is 13.6. The van der Waals surface area contributed by atoms with E-state index in [2.05, 4.69) is 6.08 Å². The molecule has 0 amide bonds. The van der Waals surface area contributed by atoms with Gasteiger partial charge in [-0.15, -0.1) is 0 Å². The number of hydrogen-bond donors (Lipinski definition) is 0. The van der Waals surface area contributed by atoms with E-state index in [1.165, 1.54) is 17.4 Å². The number of hydrogen-bond acceptors (Lipinski definition) is 3. The number of thiazole rings is 1. The maximum absolute atomic E-state index is 14.4. The van der Waals surface area contributed by atoms with Gasteiger partial charge in [-0.05, 0) is 84.0 Å². The van der Waals surface area contributed by atoms with E-state index in [0.717, 1.165) is 47.2 Å². The van der Waals surface area contributed by atoms with Crippen molar-refractivity contribution in [1.29, 1.82) is 0 Å². The lowest BCUT2D eigenvalue weighted by atomic mass is 9.84. The molecule has 1 unspecified atom stereocenters. The SMILES string of the molecule is O=c1/c(=C/c2ccccc2F)sc2n1C(c1ccc(Cl)cc1)C1=C(N=2)/C(=C/c2ccc(Cl)cc2)CCC1. The second kappa shape index (κ2) is 9.90. The zero-order valence-corrected chi connectivity index (χ0v) is 22.0. The van der Waals surface area contributed by atoms with Gasteiger partial charge in [-0.2, -0.15) is 0 Å². The zero-order valence-electron chi connectivity index (χ0n) is 19.6. The van der Waals surface area contributed by atoms with Crippen LogP contribution >= 0.6 is 34.5 Å². The fraction of sp³-hybridized carbons (Fsp3) is 0.133. The summed E-state index contributed by atoms with van der Waals surface area (Å²) in [5.74, 6) is -0.366. The lowest BCUT2D eigenvalue weighted by Crippen LogP contribution is -2.39. The number of benzene rings is 3. The summed E-state index contributed by atoms with van der Waals surface area (Å²) in [4.78, 5) is 19.4. The van der Waals surface area contributed by atoms with E-state index in [1.54, 1.807) is 28.8 Å². The van der Waals surface area contributed by atoms with Crippen LogP contribution < -0.4 is 14.9 Å². The molecule has 1 aromatic heterocycles. The minimum absolute atomic E-state index is 0.174. The first kappa shape index (κ1) is 24.1. The first-order chi connectivity index (χ1) is 18.0. The van der Waals surface area contributed by atoms with Crippen LogP contribution in [0.4, 0.5) is 4.39 Å². The van der Waals surface area contributed by atoms with Crippen LogP contribution in [0.25, 0.3) is 12.2 Å². The molecule has 2 aliphatic rings. The van der Waals surface area contributed by atoms with Crippen LogP contribution in [0.5, 0.6) is 0 Å². The molecule has 6 rings (SSSR count). The minimum Gasteiger partial charge on any atom is -0.272 e. The van der Waals surface area contributed by atoms with Gasteiger partial charge in [0.05, 0.1) is 16.3 Å². The first-order valence-corrected chi connectivity index (χ1v) is 13.6. The van der Waals surface area contributed by atoms with E-state index in [0.29, 0.717) is 24.9 Å². The molecule has 0 saturated carbocycles. The summed E-state index contributed by atoms with van der Waals surface area (Å²) in [6.07, 6.45) is 6.45. The number of rotatable bonds is 3. The van der Waals surface area contributed by atoms with Gasteiger partial charge in [-0.1, -0.05) is 77.0 Å². The Morgan fingerprint density at radius 2 is 1.62 bits per heavy atom. The van der Waals surface area contributed by atoms with Gasteiger partial charge in [0.25, 0.3) is 5.56 Å². The van der Waals surface area contributed by atoms with E-state index in [1.807, 2.05) is 48.5 Å². The first-order valence-electron chi connectivity index (χ1n) is 12.0. The number of aromatic nitrogens is 1. The van der Waals surface area contributed by atoms with Crippen molar-refractivity contribution in [2.24, 2.45) is 4.99 Å². The van der Waals surface area contributed by atoms with Crippen molar-refractivity contribution in [3.8, 4) is 0 Å². The Morgan fingerprint density at radius 3 is 2.35 bits per heavy atom. The van der Waals surface area contributed by atoms with Crippen molar-refractivity contribution < 1.29 is 4.39 Å². The summed E-state index contributed by atoms with van der Waals surface area (Å²) in [6.45, 7) is 0. The fourth-order valence-corrected chi connectivity index (χ4v) is 6.24. The van der Waals surface area contributed by atoms with E-state index in [9.17, 15) is 9.18 Å². The molecule has 4 aromatic rings. The Labute approximate surface area is 227 Å². The normalized spacial score (nSPS) is 18.5. The van der Waals surface area contributed by atoms with Crippen molar-refractivity contribution in [2.45, 2.75) is 25.3 Å². The zero-order chi connectivity index (χ0) is 25.5. The van der Waals surface area contributed by atoms with Crippen LogP contribution in [0.15, 0.2) is 99.4 Å². The summed E-state index contributed by atoms with van der Waals surface area (Å²) in [7, 11) is 0.